The van der Waals surface area contributed by atoms with E-state index < -0.39 is 15.9 Å². The quantitative estimate of drug-likeness (QED) is 0.559. The molecule has 0 aliphatic heterocycles. The fourth-order valence-electron chi connectivity index (χ4n) is 2.80. The summed E-state index contributed by atoms with van der Waals surface area (Å²) in [7, 11) is -2.35. The number of benzene rings is 3. The SMILES string of the molecule is COc1ccc(NS(=O)(=O)c2ccc(C)c(C(=O)Nc3cc(Cl)ccc3C)c2)cc1. The van der Waals surface area contributed by atoms with Crippen molar-refractivity contribution in [1.82, 2.24) is 0 Å². The lowest BCUT2D eigenvalue weighted by Crippen LogP contribution is -2.17. The van der Waals surface area contributed by atoms with Gasteiger partial charge in [-0.1, -0.05) is 23.7 Å². The molecule has 0 spiro atoms. The largest absolute Gasteiger partial charge is 0.497 e. The number of amides is 1. The van der Waals surface area contributed by atoms with Crippen LogP contribution in [0.25, 0.3) is 0 Å². The number of sulfonamides is 1. The van der Waals surface area contributed by atoms with Crippen LogP contribution in [-0.4, -0.2) is 21.4 Å². The third-order valence-electron chi connectivity index (χ3n) is 4.55. The number of methoxy groups -OCH3 is 1. The van der Waals surface area contributed by atoms with E-state index in [-0.39, 0.29) is 10.5 Å². The maximum atomic E-state index is 12.8. The minimum atomic E-state index is -3.89. The van der Waals surface area contributed by atoms with Gasteiger partial charge in [0.2, 0.25) is 0 Å². The molecule has 0 radical (unpaired) electrons. The third-order valence-corrected chi connectivity index (χ3v) is 6.17. The highest BCUT2D eigenvalue weighted by atomic mass is 35.5. The Kier molecular flexibility index (Phi) is 6.34. The Bertz CT molecular complexity index is 1190. The Morgan fingerprint density at radius 1 is 0.933 bits per heavy atom. The Hall–Kier alpha value is -3.03. The number of carbonyl (C=O) groups is 1. The summed E-state index contributed by atoms with van der Waals surface area (Å²) in [5.41, 5.74) is 2.70. The third kappa shape index (κ3) is 4.93. The molecule has 1 amide bonds. The molecular formula is C22H21ClN2O4S. The van der Waals surface area contributed by atoms with Gasteiger partial charge in [0.15, 0.2) is 0 Å². The van der Waals surface area contributed by atoms with Crippen molar-refractivity contribution < 1.29 is 17.9 Å². The van der Waals surface area contributed by atoms with E-state index in [0.29, 0.717) is 27.7 Å². The summed E-state index contributed by atoms with van der Waals surface area (Å²) in [6, 6.07) is 16.1. The second-order valence-electron chi connectivity index (χ2n) is 6.72. The van der Waals surface area contributed by atoms with Gasteiger partial charge in [0.25, 0.3) is 15.9 Å². The molecule has 0 saturated carbocycles. The number of carbonyl (C=O) groups excluding carboxylic acids is 1. The summed E-state index contributed by atoms with van der Waals surface area (Å²) in [6.07, 6.45) is 0. The van der Waals surface area contributed by atoms with E-state index >= 15 is 0 Å². The van der Waals surface area contributed by atoms with Gasteiger partial charge in [-0.25, -0.2) is 8.42 Å². The van der Waals surface area contributed by atoms with Gasteiger partial charge in [-0.15, -0.1) is 0 Å². The maximum absolute atomic E-state index is 12.8. The smallest absolute Gasteiger partial charge is 0.261 e. The van der Waals surface area contributed by atoms with Gasteiger partial charge in [0.1, 0.15) is 5.75 Å². The molecular weight excluding hydrogens is 424 g/mol. The van der Waals surface area contributed by atoms with Crippen molar-refractivity contribution in [2.45, 2.75) is 18.7 Å². The van der Waals surface area contributed by atoms with E-state index in [2.05, 4.69) is 10.0 Å². The van der Waals surface area contributed by atoms with Crippen molar-refractivity contribution in [3.8, 4) is 5.75 Å². The minimum Gasteiger partial charge on any atom is -0.497 e. The number of hydrogen-bond acceptors (Lipinski definition) is 4. The lowest BCUT2D eigenvalue weighted by Gasteiger charge is -2.13. The van der Waals surface area contributed by atoms with Gasteiger partial charge < -0.3 is 10.1 Å². The van der Waals surface area contributed by atoms with Gasteiger partial charge in [-0.2, -0.15) is 0 Å². The van der Waals surface area contributed by atoms with Crippen LogP contribution in [0.5, 0.6) is 5.75 Å². The Labute approximate surface area is 180 Å². The molecule has 0 aliphatic rings. The highest BCUT2D eigenvalue weighted by Crippen LogP contribution is 2.24. The molecule has 0 heterocycles. The van der Waals surface area contributed by atoms with Crippen LogP contribution in [0.4, 0.5) is 11.4 Å². The molecule has 0 saturated heterocycles. The average molecular weight is 445 g/mol. The Morgan fingerprint density at radius 3 is 2.27 bits per heavy atom. The summed E-state index contributed by atoms with van der Waals surface area (Å²) in [6.45, 7) is 3.59. The van der Waals surface area contributed by atoms with Crippen molar-refractivity contribution >= 4 is 38.9 Å². The van der Waals surface area contributed by atoms with Crippen LogP contribution in [0.1, 0.15) is 21.5 Å². The maximum Gasteiger partial charge on any atom is 0.261 e. The number of anilines is 2. The van der Waals surface area contributed by atoms with E-state index in [1.54, 1.807) is 55.5 Å². The Balaban J connectivity index is 1.87. The zero-order valence-electron chi connectivity index (χ0n) is 16.7. The zero-order valence-corrected chi connectivity index (χ0v) is 18.3. The summed E-state index contributed by atoms with van der Waals surface area (Å²) < 4.78 is 33.2. The first-order valence-electron chi connectivity index (χ1n) is 9.04. The first-order valence-corrected chi connectivity index (χ1v) is 10.9. The molecule has 2 N–H and O–H groups in total. The summed E-state index contributed by atoms with van der Waals surface area (Å²) in [4.78, 5) is 12.8. The zero-order chi connectivity index (χ0) is 21.9. The summed E-state index contributed by atoms with van der Waals surface area (Å²) >= 11 is 6.01. The normalized spacial score (nSPS) is 11.1. The molecule has 0 aliphatic carbocycles. The van der Waals surface area contributed by atoms with Crippen LogP contribution in [-0.2, 0) is 10.0 Å². The molecule has 0 fully saturated rings. The molecule has 0 aromatic heterocycles. The molecule has 6 nitrogen and oxygen atoms in total. The molecule has 3 rings (SSSR count). The number of halogens is 1. The van der Waals surface area contributed by atoms with E-state index in [1.165, 1.54) is 19.2 Å². The van der Waals surface area contributed by atoms with Crippen LogP contribution in [0.2, 0.25) is 5.02 Å². The monoisotopic (exact) mass is 444 g/mol. The number of hydrogen-bond donors (Lipinski definition) is 2. The lowest BCUT2D eigenvalue weighted by molar-refractivity contribution is 0.102. The molecule has 3 aromatic rings. The van der Waals surface area contributed by atoms with Gasteiger partial charge in [0, 0.05) is 22.0 Å². The first-order chi connectivity index (χ1) is 14.2. The van der Waals surface area contributed by atoms with Crippen LogP contribution < -0.4 is 14.8 Å². The van der Waals surface area contributed by atoms with Crippen LogP contribution in [0.3, 0.4) is 0 Å². The van der Waals surface area contributed by atoms with Crippen molar-refractivity contribution in [3.63, 3.8) is 0 Å². The van der Waals surface area contributed by atoms with E-state index in [9.17, 15) is 13.2 Å². The Morgan fingerprint density at radius 2 is 1.60 bits per heavy atom. The van der Waals surface area contributed by atoms with Gasteiger partial charge in [-0.3, -0.25) is 9.52 Å². The molecule has 8 heteroatoms. The van der Waals surface area contributed by atoms with Gasteiger partial charge in [-0.05, 0) is 73.5 Å². The number of ether oxygens (including phenoxy) is 1. The first kappa shape index (κ1) is 21.7. The van der Waals surface area contributed by atoms with Gasteiger partial charge >= 0.3 is 0 Å². The van der Waals surface area contributed by atoms with Crippen LogP contribution in [0.15, 0.2) is 65.6 Å². The second kappa shape index (κ2) is 8.77. The number of nitrogens with one attached hydrogen (secondary N) is 2. The fraction of sp³-hybridized carbons (Fsp3) is 0.136. The van der Waals surface area contributed by atoms with Gasteiger partial charge in [0.05, 0.1) is 12.0 Å². The fourth-order valence-corrected chi connectivity index (χ4v) is 4.06. The van der Waals surface area contributed by atoms with E-state index in [4.69, 9.17) is 16.3 Å². The number of aryl methyl sites for hydroxylation is 2. The molecule has 3 aromatic carbocycles. The predicted octanol–water partition coefficient (Wildman–Crippen LogP) is 5.02. The topological polar surface area (TPSA) is 84.5 Å². The average Bonchev–Trinajstić information content (AvgIpc) is 2.71. The molecule has 0 unspecified atom stereocenters. The molecule has 0 bridgehead atoms. The molecule has 30 heavy (non-hydrogen) atoms. The van der Waals surface area contributed by atoms with Crippen LogP contribution in [0, 0.1) is 13.8 Å². The minimum absolute atomic E-state index is 0.0168. The summed E-state index contributed by atoms with van der Waals surface area (Å²) in [5.74, 6) is 0.197. The molecule has 156 valence electrons. The van der Waals surface area contributed by atoms with Crippen molar-refractivity contribution in [3.05, 3.63) is 82.4 Å². The molecule has 0 atom stereocenters. The van der Waals surface area contributed by atoms with Crippen LogP contribution >= 0.6 is 11.6 Å². The van der Waals surface area contributed by atoms with Crippen molar-refractivity contribution in [2.75, 3.05) is 17.1 Å². The van der Waals surface area contributed by atoms with E-state index in [1.807, 2.05) is 6.92 Å². The lowest BCUT2D eigenvalue weighted by atomic mass is 10.1. The predicted molar refractivity (Wildman–Crippen MR) is 119 cm³/mol. The van der Waals surface area contributed by atoms with Crippen molar-refractivity contribution in [2.24, 2.45) is 0 Å². The highest BCUT2D eigenvalue weighted by molar-refractivity contribution is 7.92. The van der Waals surface area contributed by atoms with E-state index in [0.717, 1.165) is 5.56 Å². The number of rotatable bonds is 6. The highest BCUT2D eigenvalue weighted by Gasteiger charge is 2.19. The summed E-state index contributed by atoms with van der Waals surface area (Å²) in [5, 5.41) is 3.29. The second-order valence-corrected chi connectivity index (χ2v) is 8.84. The standard InChI is InChI=1S/C22H21ClN2O4S/c1-14-5-11-19(30(27,28)25-17-7-9-18(29-3)10-8-17)13-20(14)22(26)24-21-12-16(23)6-4-15(21)2/h4-13,25H,1-3H3,(H,24,26). The van der Waals surface area contributed by atoms with Crippen molar-refractivity contribution in [1.29, 1.82) is 0 Å².